The van der Waals surface area contributed by atoms with Gasteiger partial charge in [-0.2, -0.15) is 0 Å². The van der Waals surface area contributed by atoms with Gasteiger partial charge in [-0.25, -0.2) is 0 Å². The third-order valence-electron chi connectivity index (χ3n) is 5.58. The third kappa shape index (κ3) is 3.34. The second-order valence-corrected chi connectivity index (χ2v) is 7.33. The molecule has 1 fully saturated rings. The van der Waals surface area contributed by atoms with Gasteiger partial charge in [0.25, 0.3) is 0 Å². The van der Waals surface area contributed by atoms with Gasteiger partial charge in [-0.1, -0.05) is 24.3 Å². The number of rotatable bonds is 5. The Bertz CT molecular complexity index is 762. The van der Waals surface area contributed by atoms with Crippen molar-refractivity contribution < 1.29 is 19.4 Å². The molecule has 0 unspecified atom stereocenters. The molecule has 138 valence electrons. The van der Waals surface area contributed by atoms with Crippen molar-refractivity contribution in [2.75, 3.05) is 14.2 Å². The highest BCUT2D eigenvalue weighted by atomic mass is 16.5. The van der Waals surface area contributed by atoms with E-state index in [4.69, 9.17) is 9.47 Å². The highest BCUT2D eigenvalue weighted by Crippen LogP contribution is 2.54. The molecule has 3 rings (SSSR count). The summed E-state index contributed by atoms with van der Waals surface area (Å²) in [5.74, 6) is 1.12. The van der Waals surface area contributed by atoms with Gasteiger partial charge in [0.15, 0.2) is 0 Å². The molecule has 0 radical (unpaired) electrons. The van der Waals surface area contributed by atoms with Crippen LogP contribution in [-0.2, 0) is 4.79 Å². The van der Waals surface area contributed by atoms with Crippen molar-refractivity contribution in [2.24, 2.45) is 5.92 Å². The Kier molecular flexibility index (Phi) is 5.05. The van der Waals surface area contributed by atoms with Crippen LogP contribution in [0.2, 0.25) is 0 Å². The van der Waals surface area contributed by atoms with Crippen LogP contribution >= 0.6 is 0 Å². The first kappa shape index (κ1) is 18.5. The molecule has 0 spiro atoms. The number of methoxy groups -OCH3 is 2. The molecule has 4 atom stereocenters. The number of carbonyl (C=O) groups is 1. The molecule has 1 aliphatic carbocycles. The second-order valence-electron chi connectivity index (χ2n) is 7.33. The van der Waals surface area contributed by atoms with Crippen LogP contribution in [0.4, 0.5) is 0 Å². The molecular weight excluding hydrogens is 328 g/mol. The van der Waals surface area contributed by atoms with Gasteiger partial charge in [0.2, 0.25) is 0 Å². The number of ether oxygens (including phenoxy) is 2. The molecule has 26 heavy (non-hydrogen) atoms. The summed E-state index contributed by atoms with van der Waals surface area (Å²) in [6.45, 7) is 3.35. The van der Waals surface area contributed by atoms with Crippen LogP contribution in [0.25, 0.3) is 0 Å². The Balaban J connectivity index is 2.06. The van der Waals surface area contributed by atoms with E-state index in [0.29, 0.717) is 6.42 Å². The number of hydrogen-bond donors (Lipinski definition) is 1. The van der Waals surface area contributed by atoms with E-state index >= 15 is 0 Å². The van der Waals surface area contributed by atoms with Gasteiger partial charge in [-0.05, 0) is 61.6 Å². The fraction of sp³-hybridized carbons (Fsp3) is 0.409. The van der Waals surface area contributed by atoms with Gasteiger partial charge in [-0.15, -0.1) is 0 Å². The zero-order chi connectivity index (χ0) is 18.9. The number of Topliss-reactive ketones (excluding diaryl/α,β-unsaturated/α-hetero) is 1. The summed E-state index contributed by atoms with van der Waals surface area (Å²) in [5.41, 5.74) is 1.11. The average molecular weight is 354 g/mol. The zero-order valence-electron chi connectivity index (χ0n) is 15.7. The second kappa shape index (κ2) is 7.12. The molecule has 1 saturated carbocycles. The monoisotopic (exact) mass is 354 g/mol. The zero-order valence-corrected chi connectivity index (χ0v) is 15.7. The largest absolute Gasteiger partial charge is 0.497 e. The summed E-state index contributed by atoms with van der Waals surface area (Å²) < 4.78 is 10.5. The highest BCUT2D eigenvalue weighted by Gasteiger charge is 2.52. The number of aliphatic hydroxyl groups is 1. The third-order valence-corrected chi connectivity index (χ3v) is 5.58. The van der Waals surface area contributed by atoms with Crippen LogP contribution in [0.15, 0.2) is 48.5 Å². The fourth-order valence-corrected chi connectivity index (χ4v) is 4.44. The SMILES string of the molecule is COc1ccc([C@@H]2[C@@H](c3ccc(OC)cc3)C[C@](C)(O)[C@H]2C(C)=O)cc1. The number of carbonyl (C=O) groups excluding carboxylic acids is 1. The number of ketones is 1. The molecule has 0 saturated heterocycles. The van der Waals surface area contributed by atoms with Crippen LogP contribution in [0.3, 0.4) is 0 Å². The summed E-state index contributed by atoms with van der Waals surface area (Å²) in [6.07, 6.45) is 0.542. The van der Waals surface area contributed by atoms with Crippen molar-refractivity contribution >= 4 is 5.78 Å². The van der Waals surface area contributed by atoms with Crippen LogP contribution in [0.1, 0.15) is 43.2 Å². The smallest absolute Gasteiger partial charge is 0.136 e. The topological polar surface area (TPSA) is 55.8 Å². The van der Waals surface area contributed by atoms with Gasteiger partial charge in [-0.3, -0.25) is 4.79 Å². The minimum Gasteiger partial charge on any atom is -0.497 e. The molecule has 4 heteroatoms. The summed E-state index contributed by atoms with van der Waals surface area (Å²) >= 11 is 0. The molecule has 0 heterocycles. The highest BCUT2D eigenvalue weighted by molar-refractivity contribution is 5.81. The van der Waals surface area contributed by atoms with Crippen molar-refractivity contribution in [3.8, 4) is 11.5 Å². The molecule has 0 aromatic heterocycles. The molecule has 0 amide bonds. The summed E-state index contributed by atoms with van der Waals surface area (Å²) in [6, 6.07) is 15.7. The first-order valence-electron chi connectivity index (χ1n) is 8.88. The summed E-state index contributed by atoms with van der Waals surface area (Å²) in [7, 11) is 3.27. The Hall–Kier alpha value is -2.33. The van der Waals surface area contributed by atoms with E-state index in [9.17, 15) is 9.90 Å². The molecule has 2 aromatic rings. The molecule has 2 aromatic carbocycles. The normalized spacial score (nSPS) is 28.0. The minimum absolute atomic E-state index is 0.0202. The maximum Gasteiger partial charge on any atom is 0.136 e. The van der Waals surface area contributed by atoms with Crippen molar-refractivity contribution in [1.29, 1.82) is 0 Å². The van der Waals surface area contributed by atoms with Crippen molar-refractivity contribution in [2.45, 2.75) is 37.7 Å². The molecule has 1 aliphatic rings. The maximum absolute atomic E-state index is 12.4. The van der Waals surface area contributed by atoms with Crippen LogP contribution in [-0.4, -0.2) is 30.7 Å². The fourth-order valence-electron chi connectivity index (χ4n) is 4.44. The van der Waals surface area contributed by atoms with Gasteiger partial charge in [0.05, 0.1) is 25.7 Å². The van der Waals surface area contributed by atoms with Gasteiger partial charge in [0, 0.05) is 5.92 Å². The van der Waals surface area contributed by atoms with Crippen LogP contribution in [0.5, 0.6) is 11.5 Å². The predicted molar refractivity (Wildman–Crippen MR) is 101 cm³/mol. The molecule has 4 nitrogen and oxygen atoms in total. The summed E-state index contributed by atoms with van der Waals surface area (Å²) in [5, 5.41) is 11.0. The first-order chi connectivity index (χ1) is 12.4. The number of benzene rings is 2. The Morgan fingerprint density at radius 3 is 1.85 bits per heavy atom. The van der Waals surface area contributed by atoms with E-state index in [1.54, 1.807) is 28.1 Å². The maximum atomic E-state index is 12.4. The van der Waals surface area contributed by atoms with Gasteiger partial charge < -0.3 is 14.6 Å². The van der Waals surface area contributed by atoms with E-state index in [0.717, 1.165) is 22.6 Å². The lowest BCUT2D eigenvalue weighted by atomic mass is 9.77. The van der Waals surface area contributed by atoms with Gasteiger partial charge >= 0.3 is 0 Å². The summed E-state index contributed by atoms with van der Waals surface area (Å²) in [4.78, 5) is 12.4. The van der Waals surface area contributed by atoms with E-state index in [1.807, 2.05) is 48.5 Å². The molecular formula is C22H26O4. The number of hydrogen-bond acceptors (Lipinski definition) is 4. The Morgan fingerprint density at radius 2 is 1.42 bits per heavy atom. The standard InChI is InChI=1S/C22H26O4/c1-14(23)21-20(16-7-11-18(26-4)12-8-16)19(13-22(21,2)24)15-5-9-17(25-3)10-6-15/h5-12,19-21,24H,13H2,1-4H3/t19-,20-,21+,22+/m1/s1. The first-order valence-corrected chi connectivity index (χ1v) is 8.88. The Labute approximate surface area is 154 Å². The molecule has 0 bridgehead atoms. The minimum atomic E-state index is -1.04. The van der Waals surface area contributed by atoms with Crippen molar-refractivity contribution in [3.63, 3.8) is 0 Å². The molecule has 0 aliphatic heterocycles. The lowest BCUT2D eigenvalue weighted by Gasteiger charge is -2.28. The molecule has 1 N–H and O–H groups in total. The predicted octanol–water partition coefficient (Wildman–Crippen LogP) is 3.93. The lowest BCUT2D eigenvalue weighted by molar-refractivity contribution is -0.127. The van der Waals surface area contributed by atoms with E-state index in [2.05, 4.69) is 0 Å². The van der Waals surface area contributed by atoms with Gasteiger partial charge in [0.1, 0.15) is 17.3 Å². The van der Waals surface area contributed by atoms with E-state index in [-0.39, 0.29) is 17.6 Å². The lowest BCUT2D eigenvalue weighted by Crippen LogP contribution is -2.36. The van der Waals surface area contributed by atoms with Crippen LogP contribution < -0.4 is 9.47 Å². The van der Waals surface area contributed by atoms with Crippen LogP contribution in [0, 0.1) is 5.92 Å². The van der Waals surface area contributed by atoms with Crippen molar-refractivity contribution in [1.82, 2.24) is 0 Å². The van der Waals surface area contributed by atoms with Crippen molar-refractivity contribution in [3.05, 3.63) is 59.7 Å². The quantitative estimate of drug-likeness (QED) is 0.884. The average Bonchev–Trinajstić information content (AvgIpc) is 2.93. The van der Waals surface area contributed by atoms with E-state index in [1.165, 1.54) is 0 Å². The Morgan fingerprint density at radius 1 is 0.962 bits per heavy atom. The van der Waals surface area contributed by atoms with E-state index < -0.39 is 11.5 Å².